The van der Waals surface area contributed by atoms with Gasteiger partial charge in [0.25, 0.3) is 0 Å². The number of carboxylic acids is 1. The predicted molar refractivity (Wildman–Crippen MR) is 73.8 cm³/mol. The van der Waals surface area contributed by atoms with Crippen LogP contribution in [0.4, 0.5) is 0 Å². The largest absolute Gasteiger partial charge is 0.481 e. The zero-order valence-electron chi connectivity index (χ0n) is 11.7. The molecule has 0 saturated carbocycles. The summed E-state index contributed by atoms with van der Waals surface area (Å²) in [4.78, 5) is 25.0. The maximum absolute atomic E-state index is 12.1. The van der Waals surface area contributed by atoms with E-state index < -0.39 is 11.4 Å². The maximum atomic E-state index is 12.1. The smallest absolute Gasteiger partial charge is 0.311 e. The van der Waals surface area contributed by atoms with E-state index in [1.165, 1.54) is 0 Å². The first-order chi connectivity index (χ1) is 8.14. The Morgan fingerprint density at radius 1 is 1.39 bits per heavy atom. The number of amides is 1. The summed E-state index contributed by atoms with van der Waals surface area (Å²) < 4.78 is 0.0571. The summed E-state index contributed by atoms with van der Waals surface area (Å²) in [6.07, 6.45) is 1.42. The highest BCUT2D eigenvalue weighted by atomic mass is 32.2. The Labute approximate surface area is 113 Å². The van der Waals surface area contributed by atoms with Crippen LogP contribution in [0.3, 0.4) is 0 Å². The average Bonchev–Trinajstić information content (AvgIpc) is 2.24. The molecule has 104 valence electrons. The van der Waals surface area contributed by atoms with Crippen LogP contribution in [0, 0.1) is 5.41 Å². The zero-order chi connectivity index (χ0) is 14.0. The second kappa shape index (κ2) is 5.51. The Kier molecular flexibility index (Phi) is 4.70. The molecule has 1 saturated heterocycles. The number of rotatable bonds is 3. The lowest BCUT2D eigenvalue weighted by Gasteiger charge is -2.37. The molecule has 0 bridgehead atoms. The lowest BCUT2D eigenvalue weighted by Crippen LogP contribution is -2.49. The molecule has 1 rings (SSSR count). The van der Waals surface area contributed by atoms with E-state index in [2.05, 4.69) is 20.8 Å². The summed E-state index contributed by atoms with van der Waals surface area (Å²) in [6, 6.07) is 0. The number of aliphatic carboxylic acids is 1. The Balaban J connectivity index is 2.56. The van der Waals surface area contributed by atoms with Crippen molar-refractivity contribution in [2.75, 3.05) is 18.8 Å². The van der Waals surface area contributed by atoms with Crippen LogP contribution in [0.5, 0.6) is 0 Å². The monoisotopic (exact) mass is 273 g/mol. The minimum atomic E-state index is -0.802. The van der Waals surface area contributed by atoms with Gasteiger partial charge in [0.15, 0.2) is 0 Å². The third-order valence-corrected chi connectivity index (χ3v) is 4.45. The summed E-state index contributed by atoms with van der Waals surface area (Å²) in [6.45, 7) is 8.97. The predicted octanol–water partition coefficient (Wildman–Crippen LogP) is 2.23. The van der Waals surface area contributed by atoms with Crippen LogP contribution in [-0.2, 0) is 9.59 Å². The first kappa shape index (κ1) is 15.3. The number of thioether (sulfide) groups is 1. The van der Waals surface area contributed by atoms with Crippen molar-refractivity contribution in [1.29, 1.82) is 0 Å². The molecule has 1 atom stereocenters. The van der Waals surface area contributed by atoms with Crippen molar-refractivity contribution in [3.05, 3.63) is 0 Å². The van der Waals surface area contributed by atoms with Gasteiger partial charge in [0.1, 0.15) is 0 Å². The van der Waals surface area contributed by atoms with Gasteiger partial charge in [-0.2, -0.15) is 0 Å². The number of likely N-dealkylation sites (tertiary alicyclic amines) is 1. The van der Waals surface area contributed by atoms with Gasteiger partial charge in [-0.15, -0.1) is 11.8 Å². The van der Waals surface area contributed by atoms with E-state index in [9.17, 15) is 14.7 Å². The standard InChI is InChI=1S/C13H23NO3S/c1-12(2,3)18-8-10(15)14-7-5-6-13(4,9-14)11(16)17/h5-9H2,1-4H3,(H,16,17). The molecule has 1 fully saturated rings. The van der Waals surface area contributed by atoms with Crippen molar-refractivity contribution >= 4 is 23.6 Å². The third kappa shape index (κ3) is 4.19. The van der Waals surface area contributed by atoms with Gasteiger partial charge < -0.3 is 10.0 Å². The molecule has 0 aromatic rings. The van der Waals surface area contributed by atoms with Gasteiger partial charge in [0, 0.05) is 17.8 Å². The molecule has 1 aliphatic heterocycles. The normalized spacial score (nSPS) is 25.0. The molecular formula is C13H23NO3S. The highest BCUT2D eigenvalue weighted by Crippen LogP contribution is 2.31. The lowest BCUT2D eigenvalue weighted by molar-refractivity contribution is -0.153. The maximum Gasteiger partial charge on any atom is 0.311 e. The van der Waals surface area contributed by atoms with Crippen molar-refractivity contribution in [1.82, 2.24) is 4.90 Å². The van der Waals surface area contributed by atoms with Gasteiger partial charge in [-0.05, 0) is 19.8 Å². The minimum Gasteiger partial charge on any atom is -0.481 e. The minimum absolute atomic E-state index is 0.0571. The summed E-state index contributed by atoms with van der Waals surface area (Å²) in [5.41, 5.74) is -0.777. The summed E-state index contributed by atoms with van der Waals surface area (Å²) in [5, 5.41) is 9.21. The number of carbonyl (C=O) groups is 2. The number of hydrogen-bond acceptors (Lipinski definition) is 3. The molecule has 0 spiro atoms. The van der Waals surface area contributed by atoms with Crippen LogP contribution in [0.1, 0.15) is 40.5 Å². The number of carboxylic acid groups (broad SMARTS) is 1. The van der Waals surface area contributed by atoms with Crippen molar-refractivity contribution in [3.8, 4) is 0 Å². The van der Waals surface area contributed by atoms with E-state index in [0.29, 0.717) is 25.3 Å². The lowest BCUT2D eigenvalue weighted by atomic mass is 9.82. The molecule has 4 nitrogen and oxygen atoms in total. The highest BCUT2D eigenvalue weighted by molar-refractivity contribution is 8.01. The van der Waals surface area contributed by atoms with Crippen LogP contribution >= 0.6 is 11.8 Å². The molecule has 1 N–H and O–H groups in total. The van der Waals surface area contributed by atoms with Crippen LogP contribution < -0.4 is 0 Å². The number of carbonyl (C=O) groups excluding carboxylic acids is 1. The van der Waals surface area contributed by atoms with Gasteiger partial charge in [0.05, 0.1) is 11.2 Å². The van der Waals surface area contributed by atoms with Crippen LogP contribution in [0.15, 0.2) is 0 Å². The fraction of sp³-hybridized carbons (Fsp3) is 0.846. The fourth-order valence-corrected chi connectivity index (χ4v) is 2.74. The first-order valence-electron chi connectivity index (χ1n) is 6.29. The first-order valence-corrected chi connectivity index (χ1v) is 7.28. The zero-order valence-corrected chi connectivity index (χ0v) is 12.5. The van der Waals surface area contributed by atoms with Crippen molar-refractivity contribution in [2.24, 2.45) is 5.41 Å². The molecule has 0 radical (unpaired) electrons. The number of piperidine rings is 1. The van der Waals surface area contributed by atoms with Gasteiger partial charge in [-0.25, -0.2) is 0 Å². The molecule has 1 heterocycles. The second-order valence-electron chi connectivity index (χ2n) is 6.19. The van der Waals surface area contributed by atoms with E-state index >= 15 is 0 Å². The highest BCUT2D eigenvalue weighted by Gasteiger charge is 2.39. The van der Waals surface area contributed by atoms with Gasteiger partial charge >= 0.3 is 5.97 Å². The van der Waals surface area contributed by atoms with E-state index in [0.717, 1.165) is 6.42 Å². The Morgan fingerprint density at radius 2 is 2.00 bits per heavy atom. The van der Waals surface area contributed by atoms with Gasteiger partial charge in [0.2, 0.25) is 5.91 Å². The second-order valence-corrected chi connectivity index (χ2v) is 7.99. The molecule has 0 aliphatic carbocycles. The fourth-order valence-electron chi connectivity index (χ4n) is 2.00. The molecule has 1 amide bonds. The van der Waals surface area contributed by atoms with E-state index in [-0.39, 0.29) is 10.7 Å². The summed E-state index contributed by atoms with van der Waals surface area (Å²) in [5.74, 6) is -0.315. The molecule has 0 aromatic carbocycles. The van der Waals surface area contributed by atoms with E-state index in [1.807, 2.05) is 0 Å². The number of nitrogens with zero attached hydrogens (tertiary/aromatic N) is 1. The molecule has 18 heavy (non-hydrogen) atoms. The van der Waals surface area contributed by atoms with Crippen molar-refractivity contribution in [3.63, 3.8) is 0 Å². The van der Waals surface area contributed by atoms with Gasteiger partial charge in [-0.1, -0.05) is 20.8 Å². The Hall–Kier alpha value is -0.710. The topological polar surface area (TPSA) is 57.6 Å². The molecule has 1 aliphatic rings. The molecule has 1 unspecified atom stereocenters. The van der Waals surface area contributed by atoms with Crippen LogP contribution in [0.2, 0.25) is 0 Å². The Bertz CT molecular complexity index is 338. The summed E-state index contributed by atoms with van der Waals surface area (Å²) in [7, 11) is 0. The quantitative estimate of drug-likeness (QED) is 0.856. The third-order valence-electron chi connectivity index (χ3n) is 3.19. The SMILES string of the molecule is CC(C)(C)SCC(=O)N1CCCC(C)(C(=O)O)C1. The van der Waals surface area contributed by atoms with Crippen LogP contribution in [0.25, 0.3) is 0 Å². The number of hydrogen-bond donors (Lipinski definition) is 1. The van der Waals surface area contributed by atoms with Crippen molar-refractivity contribution < 1.29 is 14.7 Å². The van der Waals surface area contributed by atoms with E-state index in [1.54, 1.807) is 23.6 Å². The van der Waals surface area contributed by atoms with Crippen molar-refractivity contribution in [2.45, 2.75) is 45.3 Å². The van der Waals surface area contributed by atoms with Gasteiger partial charge in [-0.3, -0.25) is 9.59 Å². The van der Waals surface area contributed by atoms with Crippen LogP contribution in [-0.4, -0.2) is 45.5 Å². The molecule has 0 aromatic heterocycles. The summed E-state index contributed by atoms with van der Waals surface area (Å²) >= 11 is 1.61. The molecule has 5 heteroatoms. The molecular weight excluding hydrogens is 250 g/mol. The average molecular weight is 273 g/mol. The van der Waals surface area contributed by atoms with E-state index in [4.69, 9.17) is 0 Å². The Morgan fingerprint density at radius 3 is 2.50 bits per heavy atom.